The van der Waals surface area contributed by atoms with Gasteiger partial charge >= 0.3 is 0 Å². The third-order valence-corrected chi connectivity index (χ3v) is 5.70. The minimum absolute atomic E-state index is 0.00801. The molecule has 0 heterocycles. The number of azo groups is 1. The van der Waals surface area contributed by atoms with Crippen molar-refractivity contribution in [2.75, 3.05) is 19.5 Å². The number of phenolic OH excluding ortho intramolecular Hbond substituents is 1. The molecule has 0 atom stereocenters. The molecule has 0 radical (unpaired) electrons. The van der Waals surface area contributed by atoms with Crippen LogP contribution in [0.5, 0.6) is 17.2 Å². The van der Waals surface area contributed by atoms with Crippen LogP contribution < -0.4 is 14.8 Å². The van der Waals surface area contributed by atoms with Crippen LogP contribution in [-0.4, -0.2) is 31.5 Å². The fourth-order valence-electron chi connectivity index (χ4n) is 3.70. The molecule has 0 aliphatic heterocycles. The summed E-state index contributed by atoms with van der Waals surface area (Å²) >= 11 is 6.08. The average Bonchev–Trinajstić information content (AvgIpc) is 2.88. The molecule has 4 rings (SSSR count). The molecule has 2 N–H and O–H groups in total. The van der Waals surface area contributed by atoms with Crippen LogP contribution in [0.25, 0.3) is 10.8 Å². The molecule has 182 valence electrons. The van der Waals surface area contributed by atoms with Crippen molar-refractivity contribution in [3.05, 3.63) is 82.9 Å². The maximum Gasteiger partial charge on any atom is 0.259 e. The maximum atomic E-state index is 13.2. The number of benzene rings is 4. The predicted molar refractivity (Wildman–Crippen MR) is 139 cm³/mol. The number of carbonyl (C=O) groups is 2. The normalized spacial score (nSPS) is 11.0. The van der Waals surface area contributed by atoms with Gasteiger partial charge in [-0.25, -0.2) is 0 Å². The van der Waals surface area contributed by atoms with Crippen molar-refractivity contribution in [2.45, 2.75) is 6.42 Å². The molecular formula is C27H22ClN3O5. The molecule has 1 amide bonds. The first-order chi connectivity index (χ1) is 17.4. The van der Waals surface area contributed by atoms with E-state index in [0.717, 1.165) is 11.8 Å². The quantitative estimate of drug-likeness (QED) is 0.207. The molecule has 0 aromatic heterocycles. The number of carbonyl (C=O) groups excluding carboxylic acids is 2. The highest BCUT2D eigenvalue weighted by atomic mass is 35.5. The summed E-state index contributed by atoms with van der Waals surface area (Å²) < 4.78 is 10.6. The highest BCUT2D eigenvalue weighted by Crippen LogP contribution is 2.41. The SMILES string of the molecule is COc1ccc(CC=O)cc1/N=N/c1c(O)c(C(=O)Nc2cc(Cl)ccc2OC)cc2ccccc12. The van der Waals surface area contributed by atoms with E-state index in [0.29, 0.717) is 38.7 Å². The fourth-order valence-corrected chi connectivity index (χ4v) is 3.87. The van der Waals surface area contributed by atoms with Crippen LogP contribution in [0, 0.1) is 0 Å². The van der Waals surface area contributed by atoms with E-state index < -0.39 is 5.91 Å². The summed E-state index contributed by atoms with van der Waals surface area (Å²) in [7, 11) is 2.97. The number of amides is 1. The van der Waals surface area contributed by atoms with E-state index in [1.165, 1.54) is 14.2 Å². The molecule has 0 aliphatic carbocycles. The number of nitrogens with one attached hydrogen (secondary N) is 1. The highest BCUT2D eigenvalue weighted by molar-refractivity contribution is 6.31. The van der Waals surface area contributed by atoms with Gasteiger partial charge in [0.25, 0.3) is 5.91 Å². The number of rotatable bonds is 8. The Bertz CT molecular complexity index is 1490. The maximum absolute atomic E-state index is 13.2. The van der Waals surface area contributed by atoms with Crippen molar-refractivity contribution in [3.63, 3.8) is 0 Å². The summed E-state index contributed by atoms with van der Waals surface area (Å²) in [6.07, 6.45) is 1.00. The summed E-state index contributed by atoms with van der Waals surface area (Å²) in [5.74, 6) is -0.0748. The number of anilines is 1. The van der Waals surface area contributed by atoms with Crippen LogP contribution in [0.3, 0.4) is 0 Å². The standard InChI is InChI=1S/C27H22ClN3O5/c1-35-23-10-8-18(28)15-21(23)29-27(34)20-14-17-5-3-4-6-19(17)25(26(20)33)31-30-22-13-16(11-12-32)7-9-24(22)36-2/h3-10,12-15,33H,11H2,1-2H3,(H,29,34)/b31-30+. The summed E-state index contributed by atoms with van der Waals surface area (Å²) in [6, 6.07) is 18.7. The number of fused-ring (bicyclic) bond motifs is 1. The van der Waals surface area contributed by atoms with E-state index in [1.807, 2.05) is 6.07 Å². The van der Waals surface area contributed by atoms with E-state index >= 15 is 0 Å². The zero-order chi connectivity index (χ0) is 25.7. The fraction of sp³-hybridized carbons (Fsp3) is 0.111. The molecule has 0 fully saturated rings. The first-order valence-corrected chi connectivity index (χ1v) is 11.2. The molecule has 9 heteroatoms. The number of hydrogen-bond acceptors (Lipinski definition) is 7. The Morgan fingerprint density at radius 3 is 2.50 bits per heavy atom. The van der Waals surface area contributed by atoms with E-state index in [2.05, 4.69) is 15.5 Å². The number of hydrogen-bond donors (Lipinski definition) is 2. The van der Waals surface area contributed by atoms with Gasteiger partial charge in [-0.1, -0.05) is 41.9 Å². The second-order valence-corrected chi connectivity index (χ2v) is 8.15. The lowest BCUT2D eigenvalue weighted by Gasteiger charge is -2.13. The summed E-state index contributed by atoms with van der Waals surface area (Å²) in [5, 5.41) is 24.1. The molecule has 0 saturated heterocycles. The molecule has 36 heavy (non-hydrogen) atoms. The Morgan fingerprint density at radius 2 is 1.75 bits per heavy atom. The highest BCUT2D eigenvalue weighted by Gasteiger charge is 2.20. The molecular weight excluding hydrogens is 482 g/mol. The van der Waals surface area contributed by atoms with E-state index in [-0.39, 0.29) is 23.4 Å². The van der Waals surface area contributed by atoms with Gasteiger partial charge < -0.3 is 24.7 Å². The minimum atomic E-state index is -0.583. The predicted octanol–water partition coefficient (Wildman–Crippen LogP) is 6.63. The van der Waals surface area contributed by atoms with Crippen LogP contribution >= 0.6 is 11.6 Å². The number of nitrogens with zero attached hydrogens (tertiary/aromatic N) is 2. The topological polar surface area (TPSA) is 110 Å². The Morgan fingerprint density at radius 1 is 1.00 bits per heavy atom. The monoisotopic (exact) mass is 503 g/mol. The van der Waals surface area contributed by atoms with Crippen molar-refractivity contribution < 1.29 is 24.2 Å². The number of halogens is 1. The third kappa shape index (κ3) is 5.13. The molecule has 0 saturated carbocycles. The first kappa shape index (κ1) is 24.7. The number of ether oxygens (including phenoxy) is 2. The summed E-state index contributed by atoms with van der Waals surface area (Å²) in [4.78, 5) is 24.1. The zero-order valence-electron chi connectivity index (χ0n) is 19.5. The molecule has 0 bridgehead atoms. The Labute approximate surface area is 212 Å². The van der Waals surface area contributed by atoms with Gasteiger partial charge in [-0.15, -0.1) is 10.2 Å². The van der Waals surface area contributed by atoms with Crippen molar-refractivity contribution in [2.24, 2.45) is 10.2 Å². The molecule has 4 aromatic carbocycles. The summed E-state index contributed by atoms with van der Waals surface area (Å²) in [5.41, 5.74) is 1.56. The van der Waals surface area contributed by atoms with Crippen LogP contribution in [0.4, 0.5) is 17.1 Å². The first-order valence-electron chi connectivity index (χ1n) is 10.9. The van der Waals surface area contributed by atoms with Gasteiger partial charge in [-0.3, -0.25) is 4.79 Å². The largest absolute Gasteiger partial charge is 0.505 e. The Hall–Kier alpha value is -4.43. The summed E-state index contributed by atoms with van der Waals surface area (Å²) in [6.45, 7) is 0. The van der Waals surface area contributed by atoms with Crippen molar-refractivity contribution >= 4 is 51.6 Å². The zero-order valence-corrected chi connectivity index (χ0v) is 20.2. The van der Waals surface area contributed by atoms with Crippen molar-refractivity contribution in [1.82, 2.24) is 0 Å². The lowest BCUT2D eigenvalue weighted by Crippen LogP contribution is -2.13. The number of aldehydes is 1. The molecule has 0 aliphatic rings. The van der Waals surface area contributed by atoms with Crippen LogP contribution in [0.2, 0.25) is 5.02 Å². The van der Waals surface area contributed by atoms with Crippen molar-refractivity contribution in [3.8, 4) is 17.2 Å². The van der Waals surface area contributed by atoms with Gasteiger partial charge in [0.1, 0.15) is 29.2 Å². The molecule has 8 nitrogen and oxygen atoms in total. The molecule has 4 aromatic rings. The van der Waals surface area contributed by atoms with Crippen LogP contribution in [0.15, 0.2) is 77.0 Å². The van der Waals surface area contributed by atoms with Gasteiger partial charge in [0.15, 0.2) is 5.75 Å². The smallest absolute Gasteiger partial charge is 0.259 e. The lowest BCUT2D eigenvalue weighted by atomic mass is 10.0. The number of methoxy groups -OCH3 is 2. The van der Waals surface area contributed by atoms with E-state index in [1.54, 1.807) is 60.7 Å². The molecule has 0 unspecified atom stereocenters. The van der Waals surface area contributed by atoms with Crippen LogP contribution in [-0.2, 0) is 11.2 Å². The molecule has 0 spiro atoms. The van der Waals surface area contributed by atoms with E-state index in [4.69, 9.17) is 21.1 Å². The average molecular weight is 504 g/mol. The van der Waals surface area contributed by atoms with Gasteiger partial charge in [0.2, 0.25) is 0 Å². The Kier molecular flexibility index (Phi) is 7.46. The minimum Gasteiger partial charge on any atom is -0.505 e. The van der Waals surface area contributed by atoms with Crippen molar-refractivity contribution in [1.29, 1.82) is 0 Å². The van der Waals surface area contributed by atoms with Crippen LogP contribution in [0.1, 0.15) is 15.9 Å². The van der Waals surface area contributed by atoms with Gasteiger partial charge in [0, 0.05) is 16.8 Å². The Balaban J connectivity index is 1.79. The lowest BCUT2D eigenvalue weighted by molar-refractivity contribution is -0.107. The van der Waals surface area contributed by atoms with Gasteiger partial charge in [-0.05, 0) is 47.3 Å². The number of aromatic hydroxyl groups is 1. The second-order valence-electron chi connectivity index (χ2n) is 7.72. The van der Waals surface area contributed by atoms with Gasteiger partial charge in [-0.2, -0.15) is 0 Å². The van der Waals surface area contributed by atoms with Gasteiger partial charge in [0.05, 0.1) is 25.5 Å². The second kappa shape index (κ2) is 10.9. The number of phenols is 1. The van der Waals surface area contributed by atoms with E-state index in [9.17, 15) is 14.7 Å². The third-order valence-electron chi connectivity index (χ3n) is 5.47.